The zero-order valence-electron chi connectivity index (χ0n) is 13.5. The van der Waals surface area contributed by atoms with Gasteiger partial charge in [0, 0.05) is 37.3 Å². The van der Waals surface area contributed by atoms with Gasteiger partial charge in [-0.1, -0.05) is 0 Å². The van der Waals surface area contributed by atoms with Gasteiger partial charge in [0.15, 0.2) is 0 Å². The molecule has 24 heavy (non-hydrogen) atoms. The van der Waals surface area contributed by atoms with E-state index in [4.69, 9.17) is 4.74 Å². The maximum absolute atomic E-state index is 13.1. The molecule has 3 aliphatic heterocycles. The van der Waals surface area contributed by atoms with Gasteiger partial charge in [-0.2, -0.15) is 0 Å². The summed E-state index contributed by atoms with van der Waals surface area (Å²) in [6.45, 7) is 3.40. The van der Waals surface area contributed by atoms with E-state index in [0.29, 0.717) is 31.7 Å². The predicted molar refractivity (Wildman–Crippen MR) is 85.9 cm³/mol. The first kappa shape index (κ1) is 15.6. The van der Waals surface area contributed by atoms with Gasteiger partial charge in [0.2, 0.25) is 11.8 Å². The molecule has 0 unspecified atom stereocenters. The van der Waals surface area contributed by atoms with E-state index in [1.807, 2.05) is 4.90 Å². The second-order valence-electron chi connectivity index (χ2n) is 7.12. The zero-order valence-corrected chi connectivity index (χ0v) is 13.5. The highest BCUT2D eigenvalue weighted by molar-refractivity contribution is 6.09. The van der Waals surface area contributed by atoms with Gasteiger partial charge in [-0.05, 0) is 43.5 Å². The summed E-state index contributed by atoms with van der Waals surface area (Å²) >= 11 is 0. The smallest absolute Gasteiger partial charge is 0.239 e. The number of nitrogens with zero attached hydrogens (tertiary/aromatic N) is 2. The van der Waals surface area contributed by atoms with E-state index in [0.717, 1.165) is 26.1 Å². The molecule has 0 N–H and O–H groups in total. The lowest BCUT2D eigenvalue weighted by atomic mass is 9.87. The summed E-state index contributed by atoms with van der Waals surface area (Å²) in [6, 6.07) is 5.84. The summed E-state index contributed by atoms with van der Waals surface area (Å²) < 4.78 is 18.5. The summed E-state index contributed by atoms with van der Waals surface area (Å²) in [5.74, 6) is -1.17. The van der Waals surface area contributed by atoms with Crippen molar-refractivity contribution >= 4 is 17.5 Å². The molecule has 4 rings (SSSR count). The Morgan fingerprint density at radius 1 is 1.21 bits per heavy atom. The van der Waals surface area contributed by atoms with Crippen LogP contribution in [0.2, 0.25) is 0 Å². The zero-order chi connectivity index (χ0) is 16.7. The number of likely N-dealkylation sites (tertiary alicyclic amines) is 1. The van der Waals surface area contributed by atoms with Crippen LogP contribution >= 0.6 is 0 Å². The average molecular weight is 332 g/mol. The van der Waals surface area contributed by atoms with Crippen molar-refractivity contribution in [2.24, 2.45) is 11.3 Å². The van der Waals surface area contributed by atoms with Crippen molar-refractivity contribution in [3.05, 3.63) is 30.1 Å². The number of carbonyl (C=O) groups is 2. The molecule has 1 spiro atoms. The first-order valence-corrected chi connectivity index (χ1v) is 8.52. The first-order valence-electron chi connectivity index (χ1n) is 8.52. The molecule has 0 saturated carbocycles. The quantitative estimate of drug-likeness (QED) is 0.776. The van der Waals surface area contributed by atoms with Gasteiger partial charge in [0.1, 0.15) is 11.7 Å². The standard InChI is InChI=1S/C18H21FN2O3/c19-13-1-3-14(4-2-13)21-8-5-15(17(21)23)16(22)20-9-6-18(11-20)7-10-24-12-18/h1-4,15H,5-12H2/t15-,18-/m0/s1. The maximum atomic E-state index is 13.1. The van der Waals surface area contributed by atoms with E-state index in [-0.39, 0.29) is 23.0 Å². The number of carbonyl (C=O) groups excluding carboxylic acids is 2. The number of hydrogen-bond acceptors (Lipinski definition) is 3. The molecule has 2 atom stereocenters. The molecular formula is C18H21FN2O3. The monoisotopic (exact) mass is 332 g/mol. The Morgan fingerprint density at radius 3 is 2.71 bits per heavy atom. The molecule has 5 nitrogen and oxygen atoms in total. The van der Waals surface area contributed by atoms with Gasteiger partial charge in [-0.15, -0.1) is 0 Å². The number of ether oxygens (including phenoxy) is 1. The van der Waals surface area contributed by atoms with Gasteiger partial charge in [0.05, 0.1) is 6.61 Å². The van der Waals surface area contributed by atoms with E-state index in [1.165, 1.54) is 12.1 Å². The van der Waals surface area contributed by atoms with Crippen LogP contribution in [0.5, 0.6) is 0 Å². The van der Waals surface area contributed by atoms with Crippen molar-refractivity contribution in [3.8, 4) is 0 Å². The normalized spacial score (nSPS) is 29.9. The molecule has 1 aromatic rings. The Bertz CT molecular complexity index is 655. The van der Waals surface area contributed by atoms with Gasteiger partial charge >= 0.3 is 0 Å². The highest BCUT2D eigenvalue weighted by atomic mass is 19.1. The molecular weight excluding hydrogens is 311 g/mol. The highest BCUT2D eigenvalue weighted by Crippen LogP contribution is 2.39. The van der Waals surface area contributed by atoms with Crippen molar-refractivity contribution in [3.63, 3.8) is 0 Å². The fourth-order valence-electron chi connectivity index (χ4n) is 4.10. The molecule has 0 aliphatic carbocycles. The van der Waals surface area contributed by atoms with Crippen LogP contribution in [-0.2, 0) is 14.3 Å². The summed E-state index contributed by atoms with van der Waals surface area (Å²) in [4.78, 5) is 28.9. The molecule has 0 aromatic heterocycles. The summed E-state index contributed by atoms with van der Waals surface area (Å²) in [5, 5.41) is 0. The van der Waals surface area contributed by atoms with Gasteiger partial charge in [0.25, 0.3) is 0 Å². The van der Waals surface area contributed by atoms with Crippen LogP contribution in [0, 0.1) is 17.2 Å². The Labute approximate surface area is 140 Å². The van der Waals surface area contributed by atoms with E-state index >= 15 is 0 Å². The highest BCUT2D eigenvalue weighted by Gasteiger charge is 2.46. The van der Waals surface area contributed by atoms with Crippen LogP contribution in [0.1, 0.15) is 19.3 Å². The van der Waals surface area contributed by atoms with Gasteiger partial charge in [-0.3, -0.25) is 9.59 Å². The van der Waals surface area contributed by atoms with Crippen molar-refractivity contribution in [1.82, 2.24) is 4.90 Å². The molecule has 3 aliphatic rings. The minimum Gasteiger partial charge on any atom is -0.381 e. The largest absolute Gasteiger partial charge is 0.381 e. The molecule has 3 heterocycles. The number of anilines is 1. The van der Waals surface area contributed by atoms with Gasteiger partial charge in [-0.25, -0.2) is 4.39 Å². The lowest BCUT2D eigenvalue weighted by molar-refractivity contribution is -0.139. The van der Waals surface area contributed by atoms with Crippen molar-refractivity contribution in [2.75, 3.05) is 37.7 Å². The summed E-state index contributed by atoms with van der Waals surface area (Å²) in [6.07, 6.45) is 2.48. The molecule has 0 radical (unpaired) electrons. The van der Waals surface area contributed by atoms with E-state index in [1.54, 1.807) is 17.0 Å². The number of halogens is 1. The Kier molecular flexibility index (Phi) is 3.79. The Hall–Kier alpha value is -1.95. The van der Waals surface area contributed by atoms with Gasteiger partial charge < -0.3 is 14.5 Å². The minimum atomic E-state index is -0.604. The van der Waals surface area contributed by atoms with E-state index in [9.17, 15) is 14.0 Å². The third-order valence-corrected chi connectivity index (χ3v) is 5.58. The number of hydrogen-bond donors (Lipinski definition) is 0. The van der Waals surface area contributed by atoms with Crippen molar-refractivity contribution < 1.29 is 18.7 Å². The second-order valence-corrected chi connectivity index (χ2v) is 7.12. The average Bonchev–Trinajstić information content (AvgIpc) is 3.30. The Balaban J connectivity index is 1.44. The fourth-order valence-corrected chi connectivity index (χ4v) is 4.10. The second kappa shape index (κ2) is 5.84. The molecule has 3 fully saturated rings. The summed E-state index contributed by atoms with van der Waals surface area (Å²) in [7, 11) is 0. The van der Waals surface area contributed by atoms with Crippen molar-refractivity contribution in [1.29, 1.82) is 0 Å². The molecule has 128 valence electrons. The lowest BCUT2D eigenvalue weighted by Crippen LogP contribution is -2.40. The predicted octanol–water partition coefficient (Wildman–Crippen LogP) is 1.82. The lowest BCUT2D eigenvalue weighted by Gasteiger charge is -2.24. The fraction of sp³-hybridized carbons (Fsp3) is 0.556. The van der Waals surface area contributed by atoms with Crippen LogP contribution in [0.4, 0.5) is 10.1 Å². The van der Waals surface area contributed by atoms with Crippen LogP contribution in [0.15, 0.2) is 24.3 Å². The third kappa shape index (κ3) is 2.59. The minimum absolute atomic E-state index is 0.0617. The van der Waals surface area contributed by atoms with Crippen LogP contribution < -0.4 is 4.90 Å². The molecule has 2 amide bonds. The van der Waals surface area contributed by atoms with Crippen LogP contribution in [-0.4, -0.2) is 49.6 Å². The SMILES string of the molecule is O=C([C@@H]1CCN(c2ccc(F)cc2)C1=O)N1CC[C@]2(CCOC2)C1. The molecule has 3 saturated heterocycles. The number of rotatable bonds is 2. The third-order valence-electron chi connectivity index (χ3n) is 5.58. The van der Waals surface area contributed by atoms with Crippen LogP contribution in [0.25, 0.3) is 0 Å². The van der Waals surface area contributed by atoms with Crippen LogP contribution in [0.3, 0.4) is 0 Å². The first-order chi connectivity index (χ1) is 11.6. The summed E-state index contributed by atoms with van der Waals surface area (Å²) in [5.41, 5.74) is 0.757. The van der Waals surface area contributed by atoms with E-state index < -0.39 is 5.92 Å². The number of amides is 2. The number of benzene rings is 1. The van der Waals surface area contributed by atoms with Crippen molar-refractivity contribution in [2.45, 2.75) is 19.3 Å². The Morgan fingerprint density at radius 2 is 2.00 bits per heavy atom. The molecule has 6 heteroatoms. The maximum Gasteiger partial charge on any atom is 0.239 e. The van der Waals surface area contributed by atoms with E-state index in [2.05, 4.69) is 0 Å². The molecule has 1 aromatic carbocycles. The topological polar surface area (TPSA) is 49.9 Å². The molecule has 0 bridgehead atoms.